The Bertz CT molecular complexity index is 455. The molecule has 1 fully saturated rings. The first-order valence-corrected chi connectivity index (χ1v) is 6.09. The summed E-state index contributed by atoms with van der Waals surface area (Å²) in [5.74, 6) is -1.02. The van der Waals surface area contributed by atoms with Crippen molar-refractivity contribution < 1.29 is 14.7 Å². The van der Waals surface area contributed by atoms with Crippen LogP contribution in [0.3, 0.4) is 0 Å². The first-order valence-electron chi connectivity index (χ1n) is 6.09. The molecular formula is C12H17N3O3. The van der Waals surface area contributed by atoms with E-state index in [-0.39, 0.29) is 11.8 Å². The van der Waals surface area contributed by atoms with Gasteiger partial charge >= 0.3 is 5.97 Å². The molecule has 1 aliphatic carbocycles. The van der Waals surface area contributed by atoms with Crippen molar-refractivity contribution in [2.24, 2.45) is 18.9 Å². The molecule has 6 heteroatoms. The van der Waals surface area contributed by atoms with Crippen LogP contribution in [0.1, 0.15) is 25.7 Å². The lowest BCUT2D eigenvalue weighted by Crippen LogP contribution is -2.31. The molecule has 18 heavy (non-hydrogen) atoms. The van der Waals surface area contributed by atoms with E-state index in [0.717, 1.165) is 12.8 Å². The van der Waals surface area contributed by atoms with Crippen LogP contribution in [-0.4, -0.2) is 26.8 Å². The van der Waals surface area contributed by atoms with Crippen LogP contribution in [0.15, 0.2) is 12.3 Å². The summed E-state index contributed by atoms with van der Waals surface area (Å²) >= 11 is 0. The second kappa shape index (κ2) is 5.20. The van der Waals surface area contributed by atoms with Crippen molar-refractivity contribution in [2.45, 2.75) is 25.7 Å². The molecule has 0 bridgehead atoms. The van der Waals surface area contributed by atoms with E-state index in [9.17, 15) is 9.59 Å². The fourth-order valence-corrected chi connectivity index (χ4v) is 2.36. The molecule has 0 aromatic carbocycles. The Morgan fingerprint density at radius 2 is 2.17 bits per heavy atom. The van der Waals surface area contributed by atoms with Gasteiger partial charge in [-0.25, -0.2) is 0 Å². The average Bonchev–Trinajstić information content (AvgIpc) is 2.75. The number of carboxylic acids is 1. The Balaban J connectivity index is 1.94. The van der Waals surface area contributed by atoms with Crippen molar-refractivity contribution in [2.75, 3.05) is 5.32 Å². The zero-order valence-corrected chi connectivity index (χ0v) is 10.3. The van der Waals surface area contributed by atoms with Gasteiger partial charge in [-0.15, -0.1) is 0 Å². The van der Waals surface area contributed by atoms with E-state index in [1.54, 1.807) is 24.0 Å². The van der Waals surface area contributed by atoms with Crippen LogP contribution >= 0.6 is 0 Å². The van der Waals surface area contributed by atoms with Crippen molar-refractivity contribution in [3.63, 3.8) is 0 Å². The minimum atomic E-state index is -0.801. The molecule has 0 aliphatic heterocycles. The third-order valence-electron chi connectivity index (χ3n) is 3.36. The van der Waals surface area contributed by atoms with Gasteiger partial charge in [0, 0.05) is 25.2 Å². The lowest BCUT2D eigenvalue weighted by molar-refractivity contribution is -0.143. The van der Waals surface area contributed by atoms with E-state index in [1.165, 1.54) is 0 Å². The highest BCUT2D eigenvalue weighted by Crippen LogP contribution is 2.29. The average molecular weight is 251 g/mol. The normalized spacial score (nSPS) is 23.6. The summed E-state index contributed by atoms with van der Waals surface area (Å²) in [6.07, 6.45) is 4.38. The number of nitrogens with one attached hydrogen (secondary N) is 1. The molecule has 1 aromatic heterocycles. The molecule has 2 atom stereocenters. The van der Waals surface area contributed by atoms with Crippen LogP contribution < -0.4 is 5.32 Å². The lowest BCUT2D eigenvalue weighted by atomic mass is 9.81. The van der Waals surface area contributed by atoms with Gasteiger partial charge in [0.05, 0.1) is 5.92 Å². The van der Waals surface area contributed by atoms with Gasteiger partial charge in [-0.2, -0.15) is 5.10 Å². The van der Waals surface area contributed by atoms with Crippen LogP contribution in [0, 0.1) is 11.8 Å². The summed E-state index contributed by atoms with van der Waals surface area (Å²) in [4.78, 5) is 22.9. The number of hydrogen-bond acceptors (Lipinski definition) is 3. The van der Waals surface area contributed by atoms with Crippen LogP contribution in [0.2, 0.25) is 0 Å². The zero-order valence-electron chi connectivity index (χ0n) is 10.3. The Hall–Kier alpha value is -1.85. The standard InChI is InChI=1S/C12H17N3O3/c1-15-6-5-10(14-15)13-11(16)8-3-2-4-9(7-8)12(17)18/h5-6,8-9H,2-4,7H2,1H3,(H,17,18)(H,13,14,16)/t8-,9+/m1/s1. The van der Waals surface area contributed by atoms with Crippen molar-refractivity contribution >= 4 is 17.7 Å². The Kier molecular flexibility index (Phi) is 3.64. The minimum absolute atomic E-state index is 0.125. The summed E-state index contributed by atoms with van der Waals surface area (Å²) < 4.78 is 1.61. The van der Waals surface area contributed by atoms with Crippen molar-refractivity contribution in [1.82, 2.24) is 9.78 Å². The molecule has 1 heterocycles. The lowest BCUT2D eigenvalue weighted by Gasteiger charge is -2.25. The topological polar surface area (TPSA) is 84.2 Å². The van der Waals surface area contributed by atoms with Crippen LogP contribution in [0.25, 0.3) is 0 Å². The summed E-state index contributed by atoms with van der Waals surface area (Å²) in [6.45, 7) is 0. The van der Waals surface area contributed by atoms with Crippen LogP contribution in [0.5, 0.6) is 0 Å². The maximum Gasteiger partial charge on any atom is 0.306 e. The first-order chi connectivity index (χ1) is 8.56. The molecule has 1 aromatic rings. The highest BCUT2D eigenvalue weighted by molar-refractivity contribution is 5.92. The summed E-state index contributed by atoms with van der Waals surface area (Å²) in [5, 5.41) is 15.8. The van der Waals surface area contributed by atoms with Gasteiger partial charge in [-0.3, -0.25) is 14.3 Å². The first kappa shape index (κ1) is 12.6. The molecule has 2 N–H and O–H groups in total. The second-order valence-electron chi connectivity index (χ2n) is 4.76. The SMILES string of the molecule is Cn1ccc(NC(=O)[C@@H]2CCC[C@H](C(=O)O)C2)n1. The molecule has 2 rings (SSSR count). The molecule has 0 unspecified atom stereocenters. The largest absolute Gasteiger partial charge is 0.481 e. The minimum Gasteiger partial charge on any atom is -0.481 e. The smallest absolute Gasteiger partial charge is 0.306 e. The molecule has 1 amide bonds. The molecule has 6 nitrogen and oxygen atoms in total. The Morgan fingerprint density at radius 3 is 2.78 bits per heavy atom. The van der Waals surface area contributed by atoms with Crippen molar-refractivity contribution in [3.05, 3.63) is 12.3 Å². The number of carbonyl (C=O) groups is 2. The maximum absolute atomic E-state index is 12.0. The number of aryl methyl sites for hydroxylation is 1. The number of anilines is 1. The number of amides is 1. The fraction of sp³-hybridized carbons (Fsp3) is 0.583. The number of rotatable bonds is 3. The Morgan fingerprint density at radius 1 is 1.44 bits per heavy atom. The third kappa shape index (κ3) is 2.88. The van der Waals surface area contributed by atoms with E-state index < -0.39 is 11.9 Å². The molecule has 98 valence electrons. The number of aromatic nitrogens is 2. The third-order valence-corrected chi connectivity index (χ3v) is 3.36. The Labute approximate surface area is 105 Å². The van der Waals surface area contributed by atoms with E-state index in [1.807, 2.05) is 0 Å². The predicted molar refractivity (Wildman–Crippen MR) is 64.9 cm³/mol. The summed E-state index contributed by atoms with van der Waals surface area (Å²) in [7, 11) is 1.77. The quantitative estimate of drug-likeness (QED) is 0.846. The summed E-state index contributed by atoms with van der Waals surface area (Å²) in [5.41, 5.74) is 0. The predicted octanol–water partition coefficient (Wildman–Crippen LogP) is 1.25. The number of hydrogen-bond donors (Lipinski definition) is 2. The molecule has 0 saturated heterocycles. The zero-order chi connectivity index (χ0) is 13.1. The fourth-order valence-electron chi connectivity index (χ4n) is 2.36. The van der Waals surface area contributed by atoms with E-state index in [2.05, 4.69) is 10.4 Å². The molecule has 1 aliphatic rings. The highest BCUT2D eigenvalue weighted by atomic mass is 16.4. The van der Waals surface area contributed by atoms with Gasteiger partial charge in [0.15, 0.2) is 5.82 Å². The molecule has 0 radical (unpaired) electrons. The van der Waals surface area contributed by atoms with Crippen molar-refractivity contribution in [1.29, 1.82) is 0 Å². The summed E-state index contributed by atoms with van der Waals surface area (Å²) in [6, 6.07) is 1.72. The van der Waals surface area contributed by atoms with Gasteiger partial charge in [0.2, 0.25) is 5.91 Å². The van der Waals surface area contributed by atoms with Gasteiger partial charge in [-0.05, 0) is 19.3 Å². The number of nitrogens with zero attached hydrogens (tertiary/aromatic N) is 2. The van der Waals surface area contributed by atoms with E-state index in [4.69, 9.17) is 5.11 Å². The number of aliphatic carboxylic acids is 1. The van der Waals surface area contributed by atoms with Gasteiger partial charge in [0.25, 0.3) is 0 Å². The van der Waals surface area contributed by atoms with Gasteiger partial charge in [0.1, 0.15) is 0 Å². The van der Waals surface area contributed by atoms with Crippen molar-refractivity contribution in [3.8, 4) is 0 Å². The van der Waals surface area contributed by atoms with E-state index in [0.29, 0.717) is 18.7 Å². The van der Waals surface area contributed by atoms with E-state index >= 15 is 0 Å². The van der Waals surface area contributed by atoms with Crippen LogP contribution in [-0.2, 0) is 16.6 Å². The van der Waals surface area contributed by atoms with Gasteiger partial charge < -0.3 is 10.4 Å². The number of carboxylic acid groups (broad SMARTS) is 1. The van der Waals surface area contributed by atoms with Crippen LogP contribution in [0.4, 0.5) is 5.82 Å². The molecular weight excluding hydrogens is 234 g/mol. The second-order valence-corrected chi connectivity index (χ2v) is 4.76. The molecule has 0 spiro atoms. The number of carbonyl (C=O) groups excluding carboxylic acids is 1. The highest BCUT2D eigenvalue weighted by Gasteiger charge is 2.31. The van der Waals surface area contributed by atoms with Gasteiger partial charge in [-0.1, -0.05) is 6.42 Å². The molecule has 1 saturated carbocycles. The maximum atomic E-state index is 12.0. The monoisotopic (exact) mass is 251 g/mol.